The second kappa shape index (κ2) is 18.1. The van der Waals surface area contributed by atoms with Crippen LogP contribution in [0.1, 0.15) is 47.4 Å². The number of carbonyl (C=O) groups is 3. The number of amides is 3. The van der Waals surface area contributed by atoms with Crippen molar-refractivity contribution in [2.75, 3.05) is 53.0 Å². The Morgan fingerprint density at radius 1 is 1.16 bits per heavy atom. The van der Waals surface area contributed by atoms with Gasteiger partial charge in [-0.3, -0.25) is 14.4 Å². The first kappa shape index (κ1) is 39.2. The standard InChI is InChI=1S/C36H48N6O6S.ClH/c1-23(2)32(42-20-27-7-5-6-8-29(27)35(42)45)36(46)41-21-28(43)18-30(41)34(44)38-19-26-10-9-25(33-24(3)39-22-49-33)17-31(26)48-16-13-40(4)12-15-47-14-11-37;/h5-10,17,22-23,28,30,32,43H,11-16,18-21,37H2,1-4H3,(H,38,44);1H/t28-,30+,32+;/m1./s1. The van der Waals surface area contributed by atoms with Gasteiger partial charge in [0.1, 0.15) is 24.4 Å². The van der Waals surface area contributed by atoms with E-state index in [4.69, 9.17) is 15.2 Å². The fourth-order valence-corrected chi connectivity index (χ4v) is 7.24. The molecule has 3 amide bonds. The Morgan fingerprint density at radius 3 is 2.62 bits per heavy atom. The number of hydrogen-bond donors (Lipinski definition) is 3. The normalized spacial score (nSPS) is 17.6. The minimum absolute atomic E-state index is 0. The van der Waals surface area contributed by atoms with Gasteiger partial charge >= 0.3 is 0 Å². The third-order valence-corrected chi connectivity index (χ3v) is 10.1. The second-order valence-electron chi connectivity index (χ2n) is 13.0. The van der Waals surface area contributed by atoms with Crippen LogP contribution in [0.15, 0.2) is 48.0 Å². The first-order chi connectivity index (χ1) is 23.6. The highest BCUT2D eigenvalue weighted by atomic mass is 35.5. The molecule has 2 aromatic carbocycles. The third-order valence-electron chi connectivity index (χ3n) is 9.07. The molecule has 1 fully saturated rings. The van der Waals surface area contributed by atoms with Crippen molar-refractivity contribution in [2.24, 2.45) is 11.7 Å². The summed E-state index contributed by atoms with van der Waals surface area (Å²) in [6.07, 6.45) is -0.734. The number of likely N-dealkylation sites (N-methyl/N-ethyl adjacent to an activating group) is 1. The number of rotatable bonds is 16. The Bertz CT molecular complexity index is 1620. The molecule has 272 valence electrons. The van der Waals surface area contributed by atoms with Crippen LogP contribution in [-0.2, 0) is 27.4 Å². The molecule has 12 nitrogen and oxygen atoms in total. The number of aryl methyl sites for hydroxylation is 1. The number of benzene rings is 2. The number of nitrogens with two attached hydrogens (primary N) is 1. The summed E-state index contributed by atoms with van der Waals surface area (Å²) in [4.78, 5) is 51.8. The molecule has 50 heavy (non-hydrogen) atoms. The lowest BCUT2D eigenvalue weighted by Crippen LogP contribution is -2.55. The van der Waals surface area contributed by atoms with Gasteiger partial charge in [-0.05, 0) is 43.1 Å². The van der Waals surface area contributed by atoms with E-state index in [9.17, 15) is 19.5 Å². The summed E-state index contributed by atoms with van der Waals surface area (Å²) in [6.45, 7) is 9.71. The molecule has 0 unspecified atom stereocenters. The molecule has 2 aliphatic heterocycles. The maximum atomic E-state index is 14.1. The van der Waals surface area contributed by atoms with E-state index in [-0.39, 0.29) is 55.6 Å². The molecule has 0 bridgehead atoms. The van der Waals surface area contributed by atoms with Crippen molar-refractivity contribution in [1.29, 1.82) is 0 Å². The second-order valence-corrected chi connectivity index (χ2v) is 13.9. The Kier molecular flexibility index (Phi) is 14.2. The molecule has 4 N–H and O–H groups in total. The Hall–Kier alpha value is -3.59. The van der Waals surface area contributed by atoms with E-state index in [0.717, 1.165) is 33.8 Å². The number of ether oxygens (including phenoxy) is 2. The summed E-state index contributed by atoms with van der Waals surface area (Å²) in [7, 11) is 2.00. The summed E-state index contributed by atoms with van der Waals surface area (Å²) in [6, 6.07) is 11.6. The molecule has 0 saturated carbocycles. The summed E-state index contributed by atoms with van der Waals surface area (Å²) in [5.41, 5.74) is 11.5. The Labute approximate surface area is 304 Å². The number of aliphatic hydroxyl groups is 1. The van der Waals surface area contributed by atoms with E-state index in [2.05, 4.69) is 15.2 Å². The van der Waals surface area contributed by atoms with Crippen LogP contribution in [0.25, 0.3) is 10.4 Å². The topological polar surface area (TPSA) is 151 Å². The number of aliphatic hydroxyl groups excluding tert-OH is 1. The van der Waals surface area contributed by atoms with Gasteiger partial charge in [-0.25, -0.2) is 4.98 Å². The third kappa shape index (κ3) is 9.19. The fourth-order valence-electron chi connectivity index (χ4n) is 6.44. The fraction of sp³-hybridized carbons (Fsp3) is 0.500. The van der Waals surface area contributed by atoms with E-state index in [1.165, 1.54) is 4.90 Å². The van der Waals surface area contributed by atoms with Crippen LogP contribution in [0.4, 0.5) is 0 Å². The average molecular weight is 729 g/mol. The van der Waals surface area contributed by atoms with Gasteiger partial charge in [0.25, 0.3) is 5.91 Å². The molecule has 3 atom stereocenters. The SMILES string of the molecule is Cc1ncsc1-c1ccc(CNC(=O)[C@@H]2C[C@@H](O)CN2C(=O)[C@H](C(C)C)N2Cc3ccccc3C2=O)c(OCCN(C)CCOCCN)c1.Cl. The van der Waals surface area contributed by atoms with Crippen LogP contribution in [0.2, 0.25) is 0 Å². The largest absolute Gasteiger partial charge is 0.492 e. The van der Waals surface area contributed by atoms with Gasteiger partial charge in [-0.2, -0.15) is 0 Å². The molecule has 3 heterocycles. The van der Waals surface area contributed by atoms with Crippen molar-refractivity contribution in [3.63, 3.8) is 0 Å². The van der Waals surface area contributed by atoms with Crippen molar-refractivity contribution in [3.8, 4) is 16.2 Å². The number of hydrogen-bond acceptors (Lipinski definition) is 10. The summed E-state index contributed by atoms with van der Waals surface area (Å²) in [5.74, 6) is -0.457. The zero-order valence-corrected chi connectivity index (χ0v) is 30.8. The van der Waals surface area contributed by atoms with Crippen LogP contribution in [0.3, 0.4) is 0 Å². The maximum absolute atomic E-state index is 14.1. The number of likely N-dealkylation sites (tertiary alicyclic amines) is 1. The molecule has 3 aromatic rings. The lowest BCUT2D eigenvalue weighted by atomic mass is 10.0. The smallest absolute Gasteiger partial charge is 0.255 e. The van der Waals surface area contributed by atoms with E-state index < -0.39 is 18.2 Å². The summed E-state index contributed by atoms with van der Waals surface area (Å²) >= 11 is 1.55. The highest BCUT2D eigenvalue weighted by molar-refractivity contribution is 7.13. The molecule has 0 aliphatic carbocycles. The van der Waals surface area contributed by atoms with Gasteiger partial charge in [0.2, 0.25) is 11.8 Å². The van der Waals surface area contributed by atoms with E-state index >= 15 is 0 Å². The van der Waals surface area contributed by atoms with Crippen LogP contribution >= 0.6 is 23.7 Å². The van der Waals surface area contributed by atoms with Gasteiger partial charge in [-0.15, -0.1) is 23.7 Å². The number of carbonyl (C=O) groups excluding carboxylic acids is 3. The van der Waals surface area contributed by atoms with E-state index in [1.807, 2.05) is 69.7 Å². The van der Waals surface area contributed by atoms with E-state index in [1.54, 1.807) is 22.3 Å². The van der Waals surface area contributed by atoms with Crippen molar-refractivity contribution in [2.45, 2.75) is 58.5 Å². The quantitative estimate of drug-likeness (QED) is 0.189. The lowest BCUT2D eigenvalue weighted by Gasteiger charge is -2.35. The minimum atomic E-state index is -0.873. The molecular weight excluding hydrogens is 680 g/mol. The van der Waals surface area contributed by atoms with Crippen molar-refractivity contribution < 1.29 is 29.0 Å². The Morgan fingerprint density at radius 2 is 1.92 bits per heavy atom. The van der Waals surface area contributed by atoms with Crippen LogP contribution in [0, 0.1) is 12.8 Å². The maximum Gasteiger partial charge on any atom is 0.255 e. The highest BCUT2D eigenvalue weighted by Gasteiger charge is 2.45. The molecule has 1 aromatic heterocycles. The van der Waals surface area contributed by atoms with Gasteiger partial charge in [0, 0.05) is 56.8 Å². The molecular formula is C36H49ClN6O6S. The number of thiazole rings is 1. The number of nitrogens with one attached hydrogen (secondary N) is 1. The highest BCUT2D eigenvalue weighted by Crippen LogP contribution is 2.33. The molecule has 0 radical (unpaired) electrons. The molecule has 1 saturated heterocycles. The number of halogens is 1. The van der Waals surface area contributed by atoms with Crippen molar-refractivity contribution in [3.05, 3.63) is 70.4 Å². The first-order valence-electron chi connectivity index (χ1n) is 16.9. The van der Waals surface area contributed by atoms with Crippen LogP contribution in [-0.4, -0.2) is 114 Å². The molecule has 2 aliphatic rings. The van der Waals surface area contributed by atoms with Gasteiger partial charge in [0.05, 0.1) is 35.4 Å². The summed E-state index contributed by atoms with van der Waals surface area (Å²) in [5, 5.41) is 13.6. The zero-order valence-electron chi connectivity index (χ0n) is 29.2. The number of aromatic nitrogens is 1. The predicted molar refractivity (Wildman–Crippen MR) is 195 cm³/mol. The van der Waals surface area contributed by atoms with Gasteiger partial charge in [-0.1, -0.05) is 44.2 Å². The van der Waals surface area contributed by atoms with Gasteiger partial charge in [0.15, 0.2) is 0 Å². The number of β-amino-alcohol motifs (C(OH)–C–C–N with tert-alkyl or cyclic N) is 1. The lowest BCUT2D eigenvalue weighted by molar-refractivity contribution is -0.143. The van der Waals surface area contributed by atoms with Gasteiger partial charge < -0.3 is 40.3 Å². The van der Waals surface area contributed by atoms with Crippen molar-refractivity contribution in [1.82, 2.24) is 25.0 Å². The Balaban J connectivity index is 0.00000562. The minimum Gasteiger partial charge on any atom is -0.492 e. The average Bonchev–Trinajstić information content (AvgIpc) is 3.79. The van der Waals surface area contributed by atoms with E-state index in [0.29, 0.717) is 50.8 Å². The van der Waals surface area contributed by atoms with Crippen molar-refractivity contribution >= 4 is 41.5 Å². The van der Waals surface area contributed by atoms with Crippen LogP contribution in [0.5, 0.6) is 5.75 Å². The summed E-state index contributed by atoms with van der Waals surface area (Å²) < 4.78 is 11.8. The number of fused-ring (bicyclic) bond motifs is 1. The molecule has 5 rings (SSSR count). The molecule has 0 spiro atoms. The monoisotopic (exact) mass is 728 g/mol. The van der Waals surface area contributed by atoms with Crippen LogP contribution < -0.4 is 15.8 Å². The predicted octanol–water partition coefficient (Wildman–Crippen LogP) is 3.08. The molecule has 14 heteroatoms. The number of nitrogens with zero attached hydrogens (tertiary/aromatic N) is 4. The zero-order chi connectivity index (χ0) is 35.1. The first-order valence-corrected chi connectivity index (χ1v) is 17.7.